The van der Waals surface area contributed by atoms with Gasteiger partial charge in [-0.05, 0) is 0 Å². The highest BCUT2D eigenvalue weighted by Gasteiger charge is 2.34. The van der Waals surface area contributed by atoms with E-state index >= 15 is 0 Å². The number of nitrogens with zero attached hydrogens (tertiary/aromatic N) is 2. The Bertz CT molecular complexity index is 619. The van der Waals surface area contributed by atoms with Gasteiger partial charge < -0.3 is 20.3 Å². The van der Waals surface area contributed by atoms with Crippen LogP contribution in [0.1, 0.15) is 11.9 Å². The number of para-hydroxylation sites is 2. The van der Waals surface area contributed by atoms with E-state index in [0.29, 0.717) is 21.6 Å². The number of nitrogens with one attached hydrogen (secondary N) is 1. The molecule has 2 atom stereocenters. The minimum absolute atomic E-state index is 0.0830. The maximum absolute atomic E-state index is 12.2. The van der Waals surface area contributed by atoms with Crippen LogP contribution < -0.4 is 14.8 Å². The fourth-order valence-corrected chi connectivity index (χ4v) is 2.18. The first-order valence-electron chi connectivity index (χ1n) is 5.93. The highest BCUT2D eigenvalue weighted by Crippen LogP contribution is 2.18. The van der Waals surface area contributed by atoms with Gasteiger partial charge in [0.15, 0.2) is 0 Å². The average Bonchev–Trinajstić information content (AvgIpc) is 2.91. The second-order valence-corrected chi connectivity index (χ2v) is 4.42. The number of aliphatic hydroxyl groups excluding tert-OH is 1. The van der Waals surface area contributed by atoms with Crippen LogP contribution in [0.25, 0.3) is 11.0 Å². The molecule has 0 spiro atoms. The highest BCUT2D eigenvalue weighted by molar-refractivity contribution is 5.67. The van der Waals surface area contributed by atoms with Crippen molar-refractivity contribution in [2.75, 3.05) is 13.2 Å². The van der Waals surface area contributed by atoms with Crippen molar-refractivity contribution >= 4 is 11.0 Å². The lowest BCUT2D eigenvalue weighted by molar-refractivity contribution is -0.638. The molecule has 1 saturated heterocycles. The SMILES string of the molecule is [O-][n+]1cc(C2NC(CO)CO2)[n+]([O-])c2ccccc21. The minimum Gasteiger partial charge on any atom is -0.618 e. The van der Waals surface area contributed by atoms with Crippen LogP contribution >= 0.6 is 0 Å². The number of rotatable bonds is 2. The number of hydrogen-bond donors (Lipinski definition) is 2. The molecule has 0 bridgehead atoms. The zero-order chi connectivity index (χ0) is 13.4. The van der Waals surface area contributed by atoms with Crippen LogP contribution in [0.4, 0.5) is 0 Å². The third-order valence-corrected chi connectivity index (χ3v) is 3.16. The Morgan fingerprint density at radius 3 is 2.74 bits per heavy atom. The molecule has 0 aliphatic carbocycles. The molecule has 2 heterocycles. The van der Waals surface area contributed by atoms with Gasteiger partial charge in [0.25, 0.3) is 17.2 Å². The van der Waals surface area contributed by atoms with Crippen LogP contribution in [-0.4, -0.2) is 24.4 Å². The quantitative estimate of drug-likeness (QED) is 0.540. The van der Waals surface area contributed by atoms with Gasteiger partial charge in [-0.15, -0.1) is 0 Å². The summed E-state index contributed by atoms with van der Waals surface area (Å²) in [4.78, 5) is 0. The smallest absolute Gasteiger partial charge is 0.302 e. The van der Waals surface area contributed by atoms with Crippen LogP contribution in [0.2, 0.25) is 0 Å². The molecule has 1 aliphatic heterocycles. The number of ether oxygens (including phenoxy) is 1. The van der Waals surface area contributed by atoms with Gasteiger partial charge in [-0.2, -0.15) is 9.46 Å². The zero-order valence-corrected chi connectivity index (χ0v) is 10.0. The second kappa shape index (κ2) is 4.61. The summed E-state index contributed by atoms with van der Waals surface area (Å²) in [5.41, 5.74) is 0.774. The predicted molar refractivity (Wildman–Crippen MR) is 64.6 cm³/mol. The van der Waals surface area contributed by atoms with Gasteiger partial charge in [0.05, 0.1) is 19.3 Å². The maximum Gasteiger partial charge on any atom is 0.302 e. The first-order valence-corrected chi connectivity index (χ1v) is 5.93. The molecular weight excluding hydrogens is 250 g/mol. The Kier molecular flexibility index (Phi) is 2.94. The number of benzene rings is 1. The number of aliphatic hydroxyl groups is 1. The summed E-state index contributed by atoms with van der Waals surface area (Å²) in [5, 5.41) is 36.1. The largest absolute Gasteiger partial charge is 0.618 e. The molecule has 1 aliphatic rings. The summed E-state index contributed by atoms with van der Waals surface area (Å²) in [7, 11) is 0. The van der Waals surface area contributed by atoms with Crippen molar-refractivity contribution in [3.63, 3.8) is 0 Å². The predicted octanol–water partition coefficient (Wildman–Crippen LogP) is -0.914. The lowest BCUT2D eigenvalue weighted by atomic mass is 10.2. The van der Waals surface area contributed by atoms with Crippen LogP contribution in [0.15, 0.2) is 30.5 Å². The van der Waals surface area contributed by atoms with Gasteiger partial charge in [-0.3, -0.25) is 5.32 Å². The van der Waals surface area contributed by atoms with E-state index < -0.39 is 6.23 Å². The first kappa shape index (κ1) is 12.1. The lowest BCUT2D eigenvalue weighted by Crippen LogP contribution is -2.44. The molecule has 100 valence electrons. The summed E-state index contributed by atoms with van der Waals surface area (Å²) < 4.78 is 6.71. The Hall–Kier alpha value is -1.96. The topological polar surface area (TPSA) is 95.4 Å². The molecule has 3 rings (SSSR count). The molecule has 2 aromatic rings. The van der Waals surface area contributed by atoms with Crippen molar-refractivity contribution in [1.29, 1.82) is 0 Å². The number of fused-ring (bicyclic) bond motifs is 1. The maximum atomic E-state index is 12.2. The second-order valence-electron chi connectivity index (χ2n) is 4.42. The van der Waals surface area contributed by atoms with Crippen molar-refractivity contribution in [2.24, 2.45) is 0 Å². The Morgan fingerprint density at radius 1 is 1.32 bits per heavy atom. The minimum atomic E-state index is -0.681. The third kappa shape index (κ3) is 1.97. The molecule has 2 unspecified atom stereocenters. The van der Waals surface area contributed by atoms with Gasteiger partial charge in [0.1, 0.15) is 0 Å². The fraction of sp³-hybridized carbons (Fsp3) is 0.333. The van der Waals surface area contributed by atoms with Gasteiger partial charge >= 0.3 is 5.69 Å². The van der Waals surface area contributed by atoms with Gasteiger partial charge in [0, 0.05) is 12.1 Å². The summed E-state index contributed by atoms with van der Waals surface area (Å²) in [5.74, 6) is 0. The average molecular weight is 263 g/mol. The molecule has 2 N–H and O–H groups in total. The molecule has 1 fully saturated rings. The number of hydrogen-bond acceptors (Lipinski definition) is 5. The van der Waals surface area contributed by atoms with E-state index in [4.69, 9.17) is 9.84 Å². The zero-order valence-electron chi connectivity index (χ0n) is 10.0. The van der Waals surface area contributed by atoms with Crippen LogP contribution in [0.5, 0.6) is 0 Å². The fourth-order valence-electron chi connectivity index (χ4n) is 2.18. The third-order valence-electron chi connectivity index (χ3n) is 3.16. The monoisotopic (exact) mass is 263 g/mol. The van der Waals surface area contributed by atoms with E-state index in [1.807, 2.05) is 0 Å². The van der Waals surface area contributed by atoms with Crippen molar-refractivity contribution in [1.82, 2.24) is 5.32 Å². The Morgan fingerprint density at radius 2 is 2.05 bits per heavy atom. The molecule has 19 heavy (non-hydrogen) atoms. The van der Waals surface area contributed by atoms with E-state index in [0.717, 1.165) is 0 Å². The van der Waals surface area contributed by atoms with E-state index in [1.54, 1.807) is 24.3 Å². The van der Waals surface area contributed by atoms with E-state index in [1.165, 1.54) is 6.20 Å². The standard InChI is InChI=1S/C12H13N3O4/c16-6-8-7-19-12(13-8)11-5-14(17)9-3-1-2-4-10(9)15(11)18/h1-5,8,12-13,16H,6-7H2. The summed E-state index contributed by atoms with van der Waals surface area (Å²) in [6.45, 7) is 0.215. The molecule has 0 radical (unpaired) electrons. The summed E-state index contributed by atoms with van der Waals surface area (Å²) >= 11 is 0. The van der Waals surface area contributed by atoms with Crippen LogP contribution in [0.3, 0.4) is 0 Å². The molecule has 7 nitrogen and oxygen atoms in total. The molecule has 0 saturated carbocycles. The molecule has 1 aromatic heterocycles. The van der Waals surface area contributed by atoms with Gasteiger partial charge in [0.2, 0.25) is 6.23 Å². The van der Waals surface area contributed by atoms with E-state index in [-0.39, 0.29) is 23.9 Å². The Labute approximate surface area is 108 Å². The lowest BCUT2D eigenvalue weighted by Gasteiger charge is -2.12. The highest BCUT2D eigenvalue weighted by atomic mass is 16.5. The summed E-state index contributed by atoms with van der Waals surface area (Å²) in [6.07, 6.45) is 0.520. The van der Waals surface area contributed by atoms with E-state index in [2.05, 4.69) is 5.32 Å². The van der Waals surface area contributed by atoms with Crippen LogP contribution in [-0.2, 0) is 4.74 Å². The summed E-state index contributed by atoms with van der Waals surface area (Å²) in [6, 6.07) is 6.33. The van der Waals surface area contributed by atoms with E-state index in [9.17, 15) is 10.4 Å². The van der Waals surface area contributed by atoms with Crippen molar-refractivity contribution < 1.29 is 19.3 Å². The van der Waals surface area contributed by atoms with Crippen LogP contribution in [0, 0.1) is 10.4 Å². The molecule has 0 amide bonds. The van der Waals surface area contributed by atoms with Gasteiger partial charge in [-0.1, -0.05) is 12.1 Å². The van der Waals surface area contributed by atoms with Crippen molar-refractivity contribution in [2.45, 2.75) is 12.3 Å². The van der Waals surface area contributed by atoms with Gasteiger partial charge in [-0.25, -0.2) is 0 Å². The molecule has 7 heteroatoms. The molecular formula is C12H13N3O4. The first-order chi connectivity index (χ1) is 9.20. The molecule has 1 aromatic carbocycles. The van der Waals surface area contributed by atoms with Crippen molar-refractivity contribution in [3.8, 4) is 0 Å². The normalized spacial score (nSPS) is 23.0. The van der Waals surface area contributed by atoms with Crippen molar-refractivity contribution in [3.05, 3.63) is 46.6 Å². The number of aromatic nitrogens is 2. The Balaban J connectivity index is 2.07.